The van der Waals surface area contributed by atoms with Crippen LogP contribution < -0.4 is 0 Å². The molecule has 0 N–H and O–H groups in total. The molecule has 4 nitrogen and oxygen atoms in total. The Balaban J connectivity index is 0.835. The molecule has 4 aliphatic rings. The number of fused-ring (bicyclic) bond motifs is 19. The van der Waals surface area contributed by atoms with Crippen molar-refractivity contribution < 1.29 is 4.42 Å². The molecule has 3 aliphatic carbocycles. The summed E-state index contributed by atoms with van der Waals surface area (Å²) in [5, 5.41) is 4.63. The molecule has 0 saturated carbocycles. The molecule has 4 heteroatoms. The first-order valence-corrected chi connectivity index (χ1v) is 26.6. The quantitative estimate of drug-likeness (QED) is 0.164. The summed E-state index contributed by atoms with van der Waals surface area (Å²) in [4.78, 5) is 11.4. The molecule has 0 fully saturated rings. The molecule has 10 aromatic carbocycles. The fourth-order valence-electron chi connectivity index (χ4n) is 13.8. The van der Waals surface area contributed by atoms with E-state index in [2.05, 4.69) is 223 Å². The zero-order valence-electron chi connectivity index (χ0n) is 41.3. The van der Waals surface area contributed by atoms with Gasteiger partial charge in [-0.15, -0.1) is 0 Å². The number of benzene rings is 10. The van der Waals surface area contributed by atoms with Gasteiger partial charge in [0.15, 0.2) is 5.84 Å². The van der Waals surface area contributed by atoms with Gasteiger partial charge in [-0.2, -0.15) is 0 Å². The first kappa shape index (κ1) is 42.4. The van der Waals surface area contributed by atoms with Crippen LogP contribution in [0.25, 0.3) is 94.1 Å². The highest BCUT2D eigenvalue weighted by atomic mass is 16.3. The summed E-state index contributed by atoms with van der Waals surface area (Å²) >= 11 is 0. The number of furan rings is 1. The van der Waals surface area contributed by atoms with Crippen LogP contribution in [-0.2, 0) is 11.8 Å². The van der Waals surface area contributed by atoms with Gasteiger partial charge in [-0.3, -0.25) is 4.57 Å². The van der Waals surface area contributed by atoms with Gasteiger partial charge in [0, 0.05) is 32.8 Å². The molecular formula is C71H49N3O. The van der Waals surface area contributed by atoms with Gasteiger partial charge in [-0.1, -0.05) is 182 Å². The van der Waals surface area contributed by atoms with Crippen LogP contribution in [0.2, 0.25) is 0 Å². The molecule has 12 aromatic rings. The Morgan fingerprint density at radius 3 is 1.91 bits per heavy atom. The first-order chi connectivity index (χ1) is 37.2. The number of hydrogen-bond donors (Lipinski definition) is 0. The van der Waals surface area contributed by atoms with Gasteiger partial charge in [0.2, 0.25) is 0 Å². The maximum atomic E-state index is 6.53. The minimum absolute atomic E-state index is 0.373. The Hall–Kier alpha value is -9.12. The van der Waals surface area contributed by atoms with E-state index in [9.17, 15) is 0 Å². The smallest absolute Gasteiger partial charge is 0.161 e. The standard InChI is InChI=1S/C71H49N3O/c1-2-17-44(18-3-1)45-33-34-47-39-46(50-20-4-5-21-51(50)58(47)40-45)35-37-49-19-16-32-69(73-70(72-49)48-36-38-57-56-26-10-15-31-67(56)75-68(57)41-48)74-65-30-14-9-25-55(65)60-42-64-59(43-66(60)74)54-24-8-13-29-63(54)71(64)61-27-11-6-22-52(61)53-23-7-12-28-62(53)71/h1-15,17-18,20-34,36,38,40-43,46H,16,19,35,37,39H2/b69-32+,72-49+,73-70-. The second kappa shape index (κ2) is 16.4. The van der Waals surface area contributed by atoms with Crippen LogP contribution in [0.3, 0.4) is 0 Å². The van der Waals surface area contributed by atoms with Crippen molar-refractivity contribution in [1.29, 1.82) is 0 Å². The van der Waals surface area contributed by atoms with Crippen LogP contribution in [0.15, 0.2) is 245 Å². The summed E-state index contributed by atoms with van der Waals surface area (Å²) in [6.07, 6.45) is 6.90. The van der Waals surface area contributed by atoms with Gasteiger partial charge in [0.25, 0.3) is 0 Å². The lowest BCUT2D eigenvalue weighted by atomic mass is 9.70. The van der Waals surface area contributed by atoms with E-state index in [0.717, 1.165) is 76.5 Å². The molecular weight excluding hydrogens is 911 g/mol. The molecule has 0 amide bonds. The maximum Gasteiger partial charge on any atom is 0.161 e. The van der Waals surface area contributed by atoms with Crippen LogP contribution in [-0.4, -0.2) is 16.1 Å². The molecule has 3 heterocycles. The highest BCUT2D eigenvalue weighted by Gasteiger charge is 2.51. The second-order valence-corrected chi connectivity index (χ2v) is 20.9. The van der Waals surface area contributed by atoms with Crippen molar-refractivity contribution in [3.63, 3.8) is 0 Å². The SMILES string of the molecule is C1=C(n2c3ccccc3c3cc4c(cc32)-c2ccccc2C42c3ccccc3-c3ccccc32)/N=C(c2ccc3c(c2)oc2ccccc23)\N=C(\CCC2Cc3ccc(-c4ccccc4)cc3-c3ccccc32)CC\1. The summed E-state index contributed by atoms with van der Waals surface area (Å²) in [6, 6.07) is 82.8. The monoisotopic (exact) mass is 959 g/mol. The third kappa shape index (κ3) is 6.29. The average molecular weight is 960 g/mol. The molecule has 1 aliphatic heterocycles. The highest BCUT2D eigenvalue weighted by molar-refractivity contribution is 6.16. The summed E-state index contributed by atoms with van der Waals surface area (Å²) in [5.41, 5.74) is 24.3. The van der Waals surface area contributed by atoms with Crippen LogP contribution in [0.1, 0.15) is 70.5 Å². The summed E-state index contributed by atoms with van der Waals surface area (Å²) in [5.74, 6) is 1.96. The van der Waals surface area contributed by atoms with Gasteiger partial charge < -0.3 is 4.42 Å². The minimum atomic E-state index is -0.434. The number of amidine groups is 1. The van der Waals surface area contributed by atoms with E-state index in [1.165, 1.54) is 94.4 Å². The van der Waals surface area contributed by atoms with Crippen molar-refractivity contribution in [3.8, 4) is 44.5 Å². The third-order valence-electron chi connectivity index (χ3n) is 17.1. The number of allylic oxidation sites excluding steroid dienone is 1. The molecule has 1 unspecified atom stereocenters. The van der Waals surface area contributed by atoms with Crippen LogP contribution >= 0.6 is 0 Å². The van der Waals surface area contributed by atoms with E-state index in [1.807, 2.05) is 12.1 Å². The average Bonchev–Trinajstić information content (AvgIpc) is 4.22. The lowest BCUT2D eigenvalue weighted by Gasteiger charge is -2.30. The Bertz CT molecular complexity index is 4420. The van der Waals surface area contributed by atoms with Gasteiger partial charge in [-0.25, -0.2) is 9.98 Å². The van der Waals surface area contributed by atoms with Crippen molar-refractivity contribution in [3.05, 3.63) is 269 Å². The fraction of sp³-hybridized carbons (Fsp3) is 0.0986. The van der Waals surface area contributed by atoms with E-state index in [4.69, 9.17) is 14.4 Å². The highest BCUT2D eigenvalue weighted by Crippen LogP contribution is 2.63. The molecule has 16 rings (SSSR count). The van der Waals surface area contributed by atoms with E-state index in [0.29, 0.717) is 11.8 Å². The lowest BCUT2D eigenvalue weighted by molar-refractivity contribution is 0.629. The zero-order valence-corrected chi connectivity index (χ0v) is 41.3. The van der Waals surface area contributed by atoms with Crippen LogP contribution in [0.5, 0.6) is 0 Å². The van der Waals surface area contributed by atoms with Gasteiger partial charge >= 0.3 is 0 Å². The molecule has 0 radical (unpaired) electrons. The van der Waals surface area contributed by atoms with Gasteiger partial charge in [-0.05, 0) is 164 Å². The van der Waals surface area contributed by atoms with Crippen molar-refractivity contribution in [2.75, 3.05) is 0 Å². The number of para-hydroxylation sites is 2. The molecule has 1 spiro atoms. The summed E-state index contributed by atoms with van der Waals surface area (Å²) in [7, 11) is 0. The zero-order chi connectivity index (χ0) is 49.2. The Morgan fingerprint density at radius 2 is 1.11 bits per heavy atom. The number of aliphatic imine (C=N–C) groups is 2. The second-order valence-electron chi connectivity index (χ2n) is 20.9. The van der Waals surface area contributed by atoms with Gasteiger partial charge in [0.1, 0.15) is 17.0 Å². The Kier molecular flexibility index (Phi) is 9.30. The molecule has 75 heavy (non-hydrogen) atoms. The predicted octanol–water partition coefficient (Wildman–Crippen LogP) is 18.0. The maximum absolute atomic E-state index is 6.53. The minimum Gasteiger partial charge on any atom is -0.456 e. The van der Waals surface area contributed by atoms with E-state index >= 15 is 0 Å². The first-order valence-electron chi connectivity index (χ1n) is 26.6. The topological polar surface area (TPSA) is 42.8 Å². The van der Waals surface area contributed by atoms with Crippen molar-refractivity contribution in [2.24, 2.45) is 9.98 Å². The van der Waals surface area contributed by atoms with Crippen LogP contribution in [0, 0.1) is 0 Å². The Morgan fingerprint density at radius 1 is 0.453 bits per heavy atom. The van der Waals surface area contributed by atoms with Crippen molar-refractivity contribution >= 4 is 61.1 Å². The number of aromatic nitrogens is 1. The molecule has 1 atom stereocenters. The fourth-order valence-corrected chi connectivity index (χ4v) is 13.8. The number of rotatable bonds is 6. The number of hydrogen-bond acceptors (Lipinski definition) is 3. The molecule has 354 valence electrons. The lowest BCUT2D eigenvalue weighted by Crippen LogP contribution is -2.25. The molecule has 2 aromatic heterocycles. The van der Waals surface area contributed by atoms with E-state index in [1.54, 1.807) is 0 Å². The van der Waals surface area contributed by atoms with Gasteiger partial charge in [0.05, 0.1) is 16.4 Å². The molecule has 0 saturated heterocycles. The summed E-state index contributed by atoms with van der Waals surface area (Å²) < 4.78 is 8.95. The Labute approximate surface area is 435 Å². The molecule has 0 bridgehead atoms. The van der Waals surface area contributed by atoms with E-state index < -0.39 is 5.41 Å². The third-order valence-corrected chi connectivity index (χ3v) is 17.1. The predicted molar refractivity (Wildman–Crippen MR) is 310 cm³/mol. The summed E-state index contributed by atoms with van der Waals surface area (Å²) in [6.45, 7) is 0. The normalized spacial score (nSPS) is 18.0. The van der Waals surface area contributed by atoms with E-state index in [-0.39, 0.29) is 0 Å². The van der Waals surface area contributed by atoms with Crippen molar-refractivity contribution in [1.82, 2.24) is 4.57 Å². The number of nitrogens with zero attached hydrogens (tertiary/aromatic N) is 3. The van der Waals surface area contributed by atoms with Crippen molar-refractivity contribution in [2.45, 2.75) is 43.4 Å². The van der Waals surface area contributed by atoms with Crippen LogP contribution in [0.4, 0.5) is 0 Å². The largest absolute Gasteiger partial charge is 0.456 e.